The summed E-state index contributed by atoms with van der Waals surface area (Å²) in [6, 6.07) is 11.3. The molecule has 1 N–H and O–H groups in total. The van der Waals surface area contributed by atoms with E-state index in [0.717, 1.165) is 5.56 Å². The van der Waals surface area contributed by atoms with Crippen molar-refractivity contribution in [2.75, 3.05) is 5.75 Å². The fourth-order valence-electron chi connectivity index (χ4n) is 3.26. The van der Waals surface area contributed by atoms with Crippen LogP contribution < -0.4 is 10.9 Å². The molecule has 4 rings (SSSR count). The van der Waals surface area contributed by atoms with Gasteiger partial charge in [-0.15, -0.1) is 10.2 Å². The van der Waals surface area contributed by atoms with E-state index in [1.54, 1.807) is 16.5 Å². The lowest BCUT2D eigenvalue weighted by Gasteiger charge is -2.10. The summed E-state index contributed by atoms with van der Waals surface area (Å²) in [5.74, 6) is -0.177. The third kappa shape index (κ3) is 4.42. The molecule has 0 fully saturated rings. The third-order valence-corrected chi connectivity index (χ3v) is 5.90. The fourth-order valence-corrected chi connectivity index (χ4v) is 4.16. The Balaban J connectivity index is 1.59. The molecule has 0 atom stereocenters. The molecule has 0 aliphatic heterocycles. The molecule has 7 nitrogen and oxygen atoms in total. The largest absolute Gasteiger partial charge is 0.351 e. The lowest BCUT2D eigenvalue weighted by Crippen LogP contribution is -2.25. The highest BCUT2D eigenvalue weighted by Gasteiger charge is 2.18. The minimum atomic E-state index is -0.490. The van der Waals surface area contributed by atoms with Crippen molar-refractivity contribution in [3.63, 3.8) is 0 Å². The van der Waals surface area contributed by atoms with Crippen molar-refractivity contribution in [1.82, 2.24) is 24.5 Å². The Hall–Kier alpha value is -2.91. The van der Waals surface area contributed by atoms with Gasteiger partial charge in [0.25, 0.3) is 5.56 Å². The van der Waals surface area contributed by atoms with Gasteiger partial charge in [0.2, 0.25) is 11.7 Å². The summed E-state index contributed by atoms with van der Waals surface area (Å²) < 4.78 is 17.0. The van der Waals surface area contributed by atoms with E-state index < -0.39 is 5.82 Å². The van der Waals surface area contributed by atoms with E-state index in [0.29, 0.717) is 41.0 Å². The fraction of sp³-hybridized carbons (Fsp3) is 0.238. The molecular formula is C21H19ClFN5O2S. The molecule has 31 heavy (non-hydrogen) atoms. The molecule has 0 saturated carbocycles. The quantitative estimate of drug-likeness (QED) is 0.426. The standard InChI is InChI=1S/C21H19ClFN5O2S/c1-2-9-27-19(30)16-10-15(23)7-8-17(16)28-20(27)25-26-21(28)31-12-18(29)24-11-13-3-5-14(22)6-4-13/h3-8,10H,2,9,11-12H2,1H3,(H,24,29). The SMILES string of the molecule is CCCn1c(=O)c2cc(F)ccc2n2c(SCC(=O)NCc3ccc(Cl)cc3)nnc12. The number of carbonyl (C=O) groups is 1. The first-order chi connectivity index (χ1) is 15.0. The van der Waals surface area contributed by atoms with Gasteiger partial charge in [0.05, 0.1) is 16.7 Å². The van der Waals surface area contributed by atoms with Gasteiger partial charge in [-0.2, -0.15) is 0 Å². The molecule has 0 aliphatic carbocycles. The zero-order valence-corrected chi connectivity index (χ0v) is 18.2. The lowest BCUT2D eigenvalue weighted by atomic mass is 10.2. The van der Waals surface area contributed by atoms with E-state index in [9.17, 15) is 14.0 Å². The van der Waals surface area contributed by atoms with E-state index in [1.807, 2.05) is 19.1 Å². The number of aryl methyl sites for hydroxylation is 1. The second-order valence-corrected chi connectivity index (χ2v) is 8.31. The maximum Gasteiger partial charge on any atom is 0.262 e. The smallest absolute Gasteiger partial charge is 0.262 e. The molecule has 10 heteroatoms. The number of nitrogens with one attached hydrogen (secondary N) is 1. The minimum Gasteiger partial charge on any atom is -0.351 e. The second kappa shape index (κ2) is 9.07. The summed E-state index contributed by atoms with van der Waals surface area (Å²) in [6.45, 7) is 2.75. The Bertz CT molecular complexity index is 1320. The van der Waals surface area contributed by atoms with Crippen LogP contribution in [0, 0.1) is 5.82 Å². The molecular weight excluding hydrogens is 441 g/mol. The van der Waals surface area contributed by atoms with Crippen molar-refractivity contribution >= 4 is 46.0 Å². The monoisotopic (exact) mass is 459 g/mol. The number of halogens is 2. The molecule has 4 aromatic rings. The van der Waals surface area contributed by atoms with Gasteiger partial charge in [0, 0.05) is 18.1 Å². The average molecular weight is 460 g/mol. The molecule has 0 radical (unpaired) electrons. The van der Waals surface area contributed by atoms with Crippen LogP contribution in [-0.4, -0.2) is 30.8 Å². The van der Waals surface area contributed by atoms with Crippen LogP contribution in [0.2, 0.25) is 5.02 Å². The highest BCUT2D eigenvalue weighted by atomic mass is 35.5. The Morgan fingerprint density at radius 3 is 2.71 bits per heavy atom. The first-order valence-electron chi connectivity index (χ1n) is 9.69. The number of nitrogens with zero attached hydrogens (tertiary/aromatic N) is 4. The molecule has 1 amide bonds. The van der Waals surface area contributed by atoms with Crippen LogP contribution in [0.1, 0.15) is 18.9 Å². The Labute approximate surface area is 186 Å². The van der Waals surface area contributed by atoms with Gasteiger partial charge < -0.3 is 5.32 Å². The number of carbonyl (C=O) groups excluding carboxylic acids is 1. The van der Waals surface area contributed by atoms with Crippen LogP contribution in [-0.2, 0) is 17.9 Å². The number of rotatable bonds is 7. The second-order valence-electron chi connectivity index (χ2n) is 6.93. The maximum absolute atomic E-state index is 13.8. The van der Waals surface area contributed by atoms with Gasteiger partial charge in [0.15, 0.2) is 5.16 Å². The topological polar surface area (TPSA) is 81.3 Å². The normalized spacial score (nSPS) is 11.3. The van der Waals surface area contributed by atoms with Gasteiger partial charge in [0.1, 0.15) is 5.82 Å². The number of hydrogen-bond donors (Lipinski definition) is 1. The Morgan fingerprint density at radius 1 is 1.19 bits per heavy atom. The van der Waals surface area contributed by atoms with E-state index in [-0.39, 0.29) is 22.6 Å². The molecule has 2 aromatic carbocycles. The van der Waals surface area contributed by atoms with Crippen molar-refractivity contribution in [2.45, 2.75) is 31.6 Å². The van der Waals surface area contributed by atoms with Crippen molar-refractivity contribution < 1.29 is 9.18 Å². The van der Waals surface area contributed by atoms with Crippen molar-refractivity contribution in [3.8, 4) is 0 Å². The van der Waals surface area contributed by atoms with E-state index in [2.05, 4.69) is 15.5 Å². The number of hydrogen-bond acceptors (Lipinski definition) is 5. The molecule has 160 valence electrons. The number of aromatic nitrogens is 4. The highest BCUT2D eigenvalue weighted by Crippen LogP contribution is 2.22. The number of benzene rings is 2. The Kier molecular flexibility index (Phi) is 6.24. The van der Waals surface area contributed by atoms with Crippen LogP contribution in [0.5, 0.6) is 0 Å². The Morgan fingerprint density at radius 2 is 1.97 bits per heavy atom. The number of thioether (sulfide) groups is 1. The van der Waals surface area contributed by atoms with Crippen molar-refractivity contribution in [1.29, 1.82) is 0 Å². The van der Waals surface area contributed by atoms with Crippen LogP contribution in [0.15, 0.2) is 52.4 Å². The molecule has 2 heterocycles. The molecule has 0 saturated heterocycles. The number of amides is 1. The number of fused-ring (bicyclic) bond motifs is 3. The summed E-state index contributed by atoms with van der Waals surface area (Å²) in [5.41, 5.74) is 1.13. The van der Waals surface area contributed by atoms with E-state index in [4.69, 9.17) is 11.6 Å². The van der Waals surface area contributed by atoms with E-state index in [1.165, 1.54) is 34.5 Å². The van der Waals surface area contributed by atoms with Crippen LogP contribution in [0.25, 0.3) is 16.7 Å². The van der Waals surface area contributed by atoms with Crippen molar-refractivity contribution in [3.05, 3.63) is 69.2 Å². The van der Waals surface area contributed by atoms with Gasteiger partial charge in [-0.05, 0) is 42.3 Å². The molecule has 0 unspecified atom stereocenters. The van der Waals surface area contributed by atoms with Gasteiger partial charge >= 0.3 is 0 Å². The summed E-state index contributed by atoms with van der Waals surface area (Å²) in [5, 5.41) is 12.5. The van der Waals surface area contributed by atoms with Crippen molar-refractivity contribution in [2.24, 2.45) is 0 Å². The average Bonchev–Trinajstić information content (AvgIpc) is 3.18. The first-order valence-corrected chi connectivity index (χ1v) is 11.1. The third-order valence-electron chi connectivity index (χ3n) is 4.72. The lowest BCUT2D eigenvalue weighted by molar-refractivity contribution is -0.118. The van der Waals surface area contributed by atoms with Gasteiger partial charge in [-0.3, -0.25) is 18.6 Å². The molecule has 0 aliphatic rings. The first kappa shape index (κ1) is 21.3. The molecule has 0 spiro atoms. The maximum atomic E-state index is 13.8. The minimum absolute atomic E-state index is 0.115. The molecule has 2 aromatic heterocycles. The van der Waals surface area contributed by atoms with Crippen LogP contribution in [0.3, 0.4) is 0 Å². The summed E-state index contributed by atoms with van der Waals surface area (Å²) >= 11 is 7.07. The predicted octanol–water partition coefficient (Wildman–Crippen LogP) is 3.66. The predicted molar refractivity (Wildman–Crippen MR) is 119 cm³/mol. The summed E-state index contributed by atoms with van der Waals surface area (Å²) in [4.78, 5) is 25.2. The zero-order chi connectivity index (χ0) is 22.0. The van der Waals surface area contributed by atoms with Gasteiger partial charge in [-0.25, -0.2) is 4.39 Å². The highest BCUT2D eigenvalue weighted by molar-refractivity contribution is 7.99. The van der Waals surface area contributed by atoms with Gasteiger partial charge in [-0.1, -0.05) is 42.4 Å². The summed E-state index contributed by atoms with van der Waals surface area (Å²) in [6.07, 6.45) is 0.707. The van der Waals surface area contributed by atoms with Crippen LogP contribution >= 0.6 is 23.4 Å². The van der Waals surface area contributed by atoms with E-state index >= 15 is 0 Å². The van der Waals surface area contributed by atoms with Crippen LogP contribution in [0.4, 0.5) is 4.39 Å². The molecule has 0 bridgehead atoms. The summed E-state index contributed by atoms with van der Waals surface area (Å²) in [7, 11) is 0. The zero-order valence-electron chi connectivity index (χ0n) is 16.6.